The summed E-state index contributed by atoms with van der Waals surface area (Å²) in [6.07, 6.45) is 4.52. The molecule has 3 amide bonds. The molecule has 0 bridgehead atoms. The number of rotatable bonds is 17. The van der Waals surface area contributed by atoms with Crippen molar-refractivity contribution >= 4 is 37.1 Å². The molecule has 4 N–H and O–H groups in total. The Morgan fingerprint density at radius 2 is 1.74 bits per heavy atom. The summed E-state index contributed by atoms with van der Waals surface area (Å²) < 4.78 is 30.1. The molecule has 2 aromatic carbocycles. The molecule has 1 aliphatic carbocycles. The van der Waals surface area contributed by atoms with E-state index in [-0.39, 0.29) is 50.5 Å². The average Bonchev–Trinajstić information content (AvgIpc) is 3.12. The number of carbonyl (C=O) groups excluding carboxylic acids is 3. The lowest BCUT2D eigenvalue weighted by Gasteiger charge is -2.35. The molecule has 12 nitrogen and oxygen atoms in total. The predicted octanol–water partition coefficient (Wildman–Crippen LogP) is 5.93. The Morgan fingerprint density at radius 1 is 1.02 bits per heavy atom. The molecule has 0 spiro atoms. The maximum atomic E-state index is 14.0. The lowest BCUT2D eigenvalue weighted by Crippen LogP contribution is -2.53. The Labute approximate surface area is 300 Å². The highest BCUT2D eigenvalue weighted by Gasteiger charge is 2.42. The Balaban J connectivity index is 1.48. The summed E-state index contributed by atoms with van der Waals surface area (Å²) in [6.45, 7) is 4.78. The van der Waals surface area contributed by atoms with Gasteiger partial charge < -0.3 is 39.7 Å². The van der Waals surface area contributed by atoms with Gasteiger partial charge in [0.05, 0.1) is 19.3 Å². The van der Waals surface area contributed by atoms with Gasteiger partial charge in [0, 0.05) is 37.1 Å². The van der Waals surface area contributed by atoms with E-state index in [0.29, 0.717) is 36.6 Å². The van der Waals surface area contributed by atoms with Gasteiger partial charge in [-0.15, -0.1) is 0 Å². The zero-order valence-electron chi connectivity index (χ0n) is 29.1. The van der Waals surface area contributed by atoms with Crippen molar-refractivity contribution in [2.75, 3.05) is 32.8 Å². The minimum Gasteiger partial charge on any atom is -0.445 e. The summed E-state index contributed by atoms with van der Waals surface area (Å²) in [5.41, 5.74) is 1.76. The number of halogens is 1. The van der Waals surface area contributed by atoms with Gasteiger partial charge in [0.15, 0.2) is 5.85 Å². The van der Waals surface area contributed by atoms with Crippen LogP contribution in [0.2, 0.25) is 5.02 Å². The second-order valence-electron chi connectivity index (χ2n) is 12.8. The van der Waals surface area contributed by atoms with Crippen LogP contribution in [0.3, 0.4) is 0 Å². The summed E-state index contributed by atoms with van der Waals surface area (Å²) in [4.78, 5) is 42.3. The lowest BCUT2D eigenvalue weighted by molar-refractivity contribution is -0.133. The summed E-state index contributed by atoms with van der Waals surface area (Å²) in [7, 11) is -4.12. The van der Waals surface area contributed by atoms with Gasteiger partial charge in [0.2, 0.25) is 11.8 Å². The van der Waals surface area contributed by atoms with Gasteiger partial charge in [-0.3, -0.25) is 14.2 Å². The van der Waals surface area contributed by atoms with E-state index in [1.165, 1.54) is 0 Å². The molecule has 0 radical (unpaired) electrons. The van der Waals surface area contributed by atoms with E-state index in [0.717, 1.165) is 37.7 Å². The largest absolute Gasteiger partial charge is 0.445 e. The van der Waals surface area contributed by atoms with Crippen molar-refractivity contribution in [3.63, 3.8) is 0 Å². The van der Waals surface area contributed by atoms with E-state index in [1.54, 1.807) is 43.0 Å². The molecule has 2 fully saturated rings. The van der Waals surface area contributed by atoms with Crippen LogP contribution in [0.15, 0.2) is 54.6 Å². The van der Waals surface area contributed by atoms with E-state index < -0.39 is 37.5 Å². The van der Waals surface area contributed by atoms with Crippen molar-refractivity contribution in [2.45, 2.75) is 95.8 Å². The molecule has 1 saturated carbocycles. The van der Waals surface area contributed by atoms with Crippen LogP contribution in [-0.2, 0) is 34.5 Å². The lowest BCUT2D eigenvalue weighted by atomic mass is 9.84. The van der Waals surface area contributed by atoms with E-state index >= 15 is 0 Å². The molecule has 4 rings (SSSR count). The fraction of sp³-hybridized carbons (Fsp3) is 0.583. The molecular weight excluding hydrogens is 683 g/mol. The van der Waals surface area contributed by atoms with E-state index in [1.807, 2.05) is 30.3 Å². The number of piperazine rings is 1. The highest BCUT2D eigenvalue weighted by molar-refractivity contribution is 7.54. The summed E-state index contributed by atoms with van der Waals surface area (Å²) >= 11 is 6.07. The number of aliphatic hydroxyl groups is 1. The number of hydrogen-bond donors (Lipinski definition) is 4. The number of nitrogens with one attached hydrogen (secondary N) is 3. The van der Waals surface area contributed by atoms with E-state index in [9.17, 15) is 24.1 Å². The van der Waals surface area contributed by atoms with Crippen molar-refractivity contribution in [3.05, 3.63) is 70.7 Å². The van der Waals surface area contributed by atoms with Crippen molar-refractivity contribution in [3.8, 4) is 0 Å². The third-order valence-corrected chi connectivity index (χ3v) is 11.7. The van der Waals surface area contributed by atoms with Crippen molar-refractivity contribution in [1.82, 2.24) is 20.9 Å². The summed E-state index contributed by atoms with van der Waals surface area (Å²) in [6, 6.07) is 14.6. The molecular formula is C36H52ClN4O8P. The van der Waals surface area contributed by atoms with Gasteiger partial charge in [0.25, 0.3) is 0 Å². The predicted molar refractivity (Wildman–Crippen MR) is 192 cm³/mol. The second-order valence-corrected chi connectivity index (χ2v) is 15.4. The van der Waals surface area contributed by atoms with Crippen LogP contribution in [0, 0.1) is 5.92 Å². The molecule has 1 heterocycles. The zero-order valence-corrected chi connectivity index (χ0v) is 30.7. The SMILES string of the molecule is CCOP(=O)(OCC)C(O)[C@H](CCC(=O)N1CCNC(c2ccccc2)C1)NC(=O)[C@H](CC1CCCCC1)NC(=O)OCc1cccc(Cl)c1. The number of benzene rings is 2. The smallest absolute Gasteiger partial charge is 0.408 e. The molecule has 2 unspecified atom stereocenters. The Bertz CT molecular complexity index is 1420. The molecule has 276 valence electrons. The van der Waals surface area contributed by atoms with Crippen molar-refractivity contribution < 1.29 is 37.8 Å². The molecule has 1 saturated heterocycles. The third kappa shape index (κ3) is 12.1. The first kappa shape index (κ1) is 39.8. The number of aliphatic hydroxyl groups excluding tert-OH is 1. The quantitative estimate of drug-likeness (QED) is 0.145. The van der Waals surface area contributed by atoms with Crippen molar-refractivity contribution in [2.24, 2.45) is 5.92 Å². The Hall–Kier alpha value is -2.99. The summed E-state index contributed by atoms with van der Waals surface area (Å²) in [5.74, 6) is -2.31. The first-order chi connectivity index (χ1) is 24.1. The number of hydrogen-bond acceptors (Lipinski definition) is 9. The maximum Gasteiger partial charge on any atom is 0.408 e. The first-order valence-electron chi connectivity index (χ1n) is 17.7. The minimum atomic E-state index is -4.12. The monoisotopic (exact) mass is 734 g/mol. The van der Waals surface area contributed by atoms with Crippen LogP contribution in [0.5, 0.6) is 0 Å². The van der Waals surface area contributed by atoms with Crippen LogP contribution in [-0.4, -0.2) is 78.7 Å². The van der Waals surface area contributed by atoms with Crippen LogP contribution >= 0.6 is 19.2 Å². The molecule has 2 aliphatic rings. The van der Waals surface area contributed by atoms with Gasteiger partial charge in [-0.2, -0.15) is 0 Å². The van der Waals surface area contributed by atoms with Crippen LogP contribution in [0.4, 0.5) is 4.79 Å². The second kappa shape index (κ2) is 20.2. The minimum absolute atomic E-state index is 0.0000848. The van der Waals surface area contributed by atoms with Gasteiger partial charge in [-0.25, -0.2) is 4.79 Å². The standard InChI is InChI=1S/C36H52ClN4O8P/c1-3-48-50(46,49-4-2)35(44)30(18-19-33(42)41-21-20-38-32(24-41)28-15-9-6-10-16-28)39-34(43)31(23-26-12-7-5-8-13-26)40-36(45)47-25-27-14-11-17-29(37)22-27/h6,9-11,14-17,22,26,30-32,35,38,44H,3-5,7-8,12-13,18-21,23-25H2,1-2H3,(H,39,43)(H,40,45)/t30-,31-,32?,35?/m0/s1. The molecule has 0 aromatic heterocycles. The zero-order chi connectivity index (χ0) is 35.9. The number of nitrogens with zero attached hydrogens (tertiary/aromatic N) is 1. The molecule has 50 heavy (non-hydrogen) atoms. The first-order valence-corrected chi connectivity index (χ1v) is 19.7. The number of amides is 3. The van der Waals surface area contributed by atoms with Crippen LogP contribution < -0.4 is 16.0 Å². The van der Waals surface area contributed by atoms with Gasteiger partial charge in [-0.1, -0.05) is 86.2 Å². The molecule has 2 aromatic rings. The van der Waals surface area contributed by atoms with Gasteiger partial charge in [-0.05, 0) is 55.9 Å². The molecule has 1 aliphatic heterocycles. The van der Waals surface area contributed by atoms with E-state index in [2.05, 4.69) is 16.0 Å². The average molecular weight is 735 g/mol. The number of ether oxygens (including phenoxy) is 1. The van der Waals surface area contributed by atoms with Crippen LogP contribution in [0.1, 0.15) is 82.4 Å². The third-order valence-electron chi connectivity index (χ3n) is 9.19. The fourth-order valence-electron chi connectivity index (χ4n) is 6.62. The number of carbonyl (C=O) groups is 3. The highest BCUT2D eigenvalue weighted by Crippen LogP contribution is 2.53. The fourth-order valence-corrected chi connectivity index (χ4v) is 8.60. The Kier molecular flexibility index (Phi) is 16.0. The van der Waals surface area contributed by atoms with E-state index in [4.69, 9.17) is 25.4 Å². The normalized spacial score (nSPS) is 18.9. The molecule has 14 heteroatoms. The van der Waals surface area contributed by atoms with Crippen LogP contribution in [0.25, 0.3) is 0 Å². The summed E-state index contributed by atoms with van der Waals surface area (Å²) in [5, 5.41) is 21.0. The van der Waals surface area contributed by atoms with Gasteiger partial charge >= 0.3 is 13.7 Å². The topological polar surface area (TPSA) is 156 Å². The number of alkyl carbamates (subject to hydrolysis) is 1. The van der Waals surface area contributed by atoms with Crippen molar-refractivity contribution in [1.29, 1.82) is 0 Å². The molecule has 4 atom stereocenters. The Morgan fingerprint density at radius 3 is 2.42 bits per heavy atom. The maximum absolute atomic E-state index is 14.0. The van der Waals surface area contributed by atoms with Gasteiger partial charge in [0.1, 0.15) is 12.6 Å². The highest BCUT2D eigenvalue weighted by atomic mass is 35.5.